The number of hydrogen-bond donors (Lipinski definition) is 2. The van der Waals surface area contributed by atoms with Crippen LogP contribution in [-0.4, -0.2) is 27.4 Å². The van der Waals surface area contributed by atoms with E-state index in [0.717, 1.165) is 10.8 Å². The number of H-pyrrole nitrogens is 1. The fourth-order valence-corrected chi connectivity index (χ4v) is 3.81. The SMILES string of the molecule is CCOc1ccc2nc(NC(=O)c3cc(=O)[nH]c4ccc([N+](=O)[O-])cc34)sc2c1. The molecule has 0 aliphatic heterocycles. The molecular weight excluding hydrogens is 396 g/mol. The number of nitrogens with zero attached hydrogens (tertiary/aromatic N) is 2. The van der Waals surface area contributed by atoms with Gasteiger partial charge in [-0.2, -0.15) is 0 Å². The first-order valence-corrected chi connectivity index (χ1v) is 9.42. The highest BCUT2D eigenvalue weighted by Crippen LogP contribution is 2.30. The van der Waals surface area contributed by atoms with E-state index in [9.17, 15) is 19.7 Å². The van der Waals surface area contributed by atoms with Crippen molar-refractivity contribution in [2.45, 2.75) is 6.92 Å². The van der Waals surface area contributed by atoms with Gasteiger partial charge in [0.05, 0.1) is 27.3 Å². The molecule has 0 unspecified atom stereocenters. The van der Waals surface area contributed by atoms with Crippen LogP contribution in [0.3, 0.4) is 0 Å². The first kappa shape index (κ1) is 18.6. The van der Waals surface area contributed by atoms with Crippen LogP contribution in [0.2, 0.25) is 0 Å². The molecule has 2 N–H and O–H groups in total. The predicted molar refractivity (Wildman–Crippen MR) is 110 cm³/mol. The maximum atomic E-state index is 12.8. The number of nitrogens with one attached hydrogen (secondary N) is 2. The number of non-ortho nitro benzene ring substituents is 1. The standard InChI is InChI=1S/C19H14N4O5S/c1-2-28-11-4-6-15-16(8-11)29-19(21-15)22-18(25)13-9-17(24)20-14-5-3-10(23(26)27)7-12(13)14/h3-9H,2H2,1H3,(H,20,24)(H,21,22,25). The molecule has 0 spiro atoms. The predicted octanol–water partition coefficient (Wildman–Crippen LogP) is 3.70. The van der Waals surface area contributed by atoms with E-state index in [-0.39, 0.29) is 16.6 Å². The van der Waals surface area contributed by atoms with Crippen LogP contribution < -0.4 is 15.6 Å². The van der Waals surface area contributed by atoms with Gasteiger partial charge in [0.15, 0.2) is 5.13 Å². The quantitative estimate of drug-likeness (QED) is 0.381. The average molecular weight is 410 g/mol. The Balaban J connectivity index is 1.71. The van der Waals surface area contributed by atoms with Crippen LogP contribution in [0.5, 0.6) is 5.75 Å². The molecular formula is C19H14N4O5S. The minimum Gasteiger partial charge on any atom is -0.494 e. The highest BCUT2D eigenvalue weighted by atomic mass is 32.1. The van der Waals surface area contributed by atoms with Gasteiger partial charge in [-0.3, -0.25) is 25.0 Å². The molecule has 4 aromatic rings. The van der Waals surface area contributed by atoms with Crippen molar-refractivity contribution in [3.8, 4) is 5.75 Å². The first-order chi connectivity index (χ1) is 13.9. The molecule has 1 amide bonds. The molecule has 4 rings (SSSR count). The number of rotatable bonds is 5. The molecule has 9 nitrogen and oxygen atoms in total. The van der Waals surface area contributed by atoms with Crippen molar-refractivity contribution in [2.75, 3.05) is 11.9 Å². The summed E-state index contributed by atoms with van der Waals surface area (Å²) >= 11 is 1.26. The van der Waals surface area contributed by atoms with Crippen molar-refractivity contribution in [1.82, 2.24) is 9.97 Å². The number of carbonyl (C=O) groups excluding carboxylic acids is 1. The average Bonchev–Trinajstić information content (AvgIpc) is 3.08. The van der Waals surface area contributed by atoms with Crippen LogP contribution in [0.25, 0.3) is 21.1 Å². The maximum Gasteiger partial charge on any atom is 0.270 e. The summed E-state index contributed by atoms with van der Waals surface area (Å²) in [4.78, 5) is 42.2. The Morgan fingerprint density at radius 1 is 1.28 bits per heavy atom. The van der Waals surface area contributed by atoms with Crippen LogP contribution in [0.15, 0.2) is 47.3 Å². The summed E-state index contributed by atoms with van der Waals surface area (Å²) in [6.45, 7) is 2.43. The van der Waals surface area contributed by atoms with E-state index >= 15 is 0 Å². The van der Waals surface area contributed by atoms with E-state index in [1.165, 1.54) is 29.5 Å². The Hall–Kier alpha value is -3.79. The largest absolute Gasteiger partial charge is 0.494 e. The molecule has 10 heteroatoms. The lowest BCUT2D eigenvalue weighted by atomic mass is 10.1. The Kier molecular flexibility index (Phi) is 4.69. The van der Waals surface area contributed by atoms with Crippen LogP contribution in [0.1, 0.15) is 17.3 Å². The van der Waals surface area contributed by atoms with Gasteiger partial charge in [-0.25, -0.2) is 4.98 Å². The van der Waals surface area contributed by atoms with Gasteiger partial charge in [0.1, 0.15) is 5.75 Å². The summed E-state index contributed by atoms with van der Waals surface area (Å²) in [5, 5.41) is 14.4. The van der Waals surface area contributed by atoms with Gasteiger partial charge in [-0.1, -0.05) is 11.3 Å². The summed E-state index contributed by atoms with van der Waals surface area (Å²) < 4.78 is 6.29. The Morgan fingerprint density at radius 2 is 2.10 bits per heavy atom. The van der Waals surface area contributed by atoms with Gasteiger partial charge < -0.3 is 9.72 Å². The topological polar surface area (TPSA) is 127 Å². The smallest absolute Gasteiger partial charge is 0.270 e. The number of nitro benzene ring substituents is 1. The van der Waals surface area contributed by atoms with Crippen LogP contribution in [0, 0.1) is 10.1 Å². The molecule has 0 saturated carbocycles. The number of anilines is 1. The summed E-state index contributed by atoms with van der Waals surface area (Å²) in [6.07, 6.45) is 0. The maximum absolute atomic E-state index is 12.8. The van der Waals surface area contributed by atoms with Crippen molar-refractivity contribution < 1.29 is 14.5 Å². The van der Waals surface area contributed by atoms with Gasteiger partial charge >= 0.3 is 0 Å². The van der Waals surface area contributed by atoms with Crippen molar-refractivity contribution >= 4 is 49.2 Å². The van der Waals surface area contributed by atoms with Crippen LogP contribution in [-0.2, 0) is 0 Å². The minimum atomic E-state index is -0.578. The van der Waals surface area contributed by atoms with Gasteiger partial charge in [0, 0.05) is 29.1 Å². The zero-order chi connectivity index (χ0) is 20.5. The number of pyridine rings is 1. The second-order valence-electron chi connectivity index (χ2n) is 6.07. The number of amides is 1. The van der Waals surface area contributed by atoms with Crippen LogP contribution >= 0.6 is 11.3 Å². The molecule has 0 fully saturated rings. The van der Waals surface area contributed by atoms with E-state index in [1.807, 2.05) is 13.0 Å². The number of aromatic amines is 1. The molecule has 146 valence electrons. The zero-order valence-corrected chi connectivity index (χ0v) is 15.9. The first-order valence-electron chi connectivity index (χ1n) is 8.61. The molecule has 0 bridgehead atoms. The normalized spacial score (nSPS) is 10.9. The third-order valence-corrected chi connectivity index (χ3v) is 5.11. The lowest BCUT2D eigenvalue weighted by Gasteiger charge is -2.06. The fourth-order valence-electron chi connectivity index (χ4n) is 2.92. The highest BCUT2D eigenvalue weighted by molar-refractivity contribution is 7.22. The van der Waals surface area contributed by atoms with E-state index in [4.69, 9.17) is 4.74 Å². The number of thiazole rings is 1. The molecule has 29 heavy (non-hydrogen) atoms. The summed E-state index contributed by atoms with van der Waals surface area (Å²) in [6, 6.07) is 10.5. The van der Waals surface area contributed by atoms with Gasteiger partial charge in [-0.15, -0.1) is 0 Å². The second kappa shape index (κ2) is 7.32. The molecule has 0 aliphatic rings. The minimum absolute atomic E-state index is 0.0294. The van der Waals surface area contributed by atoms with Crippen molar-refractivity contribution in [1.29, 1.82) is 0 Å². The highest BCUT2D eigenvalue weighted by Gasteiger charge is 2.17. The Morgan fingerprint density at radius 3 is 2.86 bits per heavy atom. The fraction of sp³-hybridized carbons (Fsp3) is 0.105. The van der Waals surface area contributed by atoms with E-state index in [0.29, 0.717) is 28.5 Å². The third kappa shape index (κ3) is 3.65. The van der Waals surface area contributed by atoms with E-state index in [2.05, 4.69) is 15.3 Å². The van der Waals surface area contributed by atoms with Gasteiger partial charge in [-0.05, 0) is 31.2 Å². The number of ether oxygens (including phenoxy) is 1. The van der Waals surface area contributed by atoms with Crippen molar-refractivity contribution in [3.05, 3.63) is 68.5 Å². The molecule has 0 saturated heterocycles. The lowest BCUT2D eigenvalue weighted by molar-refractivity contribution is -0.384. The second-order valence-corrected chi connectivity index (χ2v) is 7.10. The third-order valence-electron chi connectivity index (χ3n) is 4.17. The number of nitro groups is 1. The van der Waals surface area contributed by atoms with E-state index < -0.39 is 16.4 Å². The number of fused-ring (bicyclic) bond motifs is 2. The van der Waals surface area contributed by atoms with E-state index in [1.54, 1.807) is 12.1 Å². The number of carbonyl (C=O) groups is 1. The van der Waals surface area contributed by atoms with Crippen LogP contribution in [0.4, 0.5) is 10.8 Å². The monoisotopic (exact) mass is 410 g/mol. The van der Waals surface area contributed by atoms with Gasteiger partial charge in [0.2, 0.25) is 5.56 Å². The molecule has 2 heterocycles. The Bertz CT molecular complexity index is 1330. The van der Waals surface area contributed by atoms with Crippen molar-refractivity contribution in [3.63, 3.8) is 0 Å². The van der Waals surface area contributed by atoms with Crippen molar-refractivity contribution in [2.24, 2.45) is 0 Å². The number of benzene rings is 2. The molecule has 2 aromatic carbocycles. The number of hydrogen-bond acceptors (Lipinski definition) is 7. The molecule has 2 aromatic heterocycles. The lowest BCUT2D eigenvalue weighted by Crippen LogP contribution is -2.16. The molecule has 0 aliphatic carbocycles. The molecule has 0 atom stereocenters. The summed E-state index contributed by atoms with van der Waals surface area (Å²) in [5.41, 5.74) is 0.393. The van der Waals surface area contributed by atoms with Gasteiger partial charge in [0.25, 0.3) is 11.6 Å². The Labute approximate surface area is 167 Å². The molecule has 0 radical (unpaired) electrons. The summed E-state index contributed by atoms with van der Waals surface area (Å²) in [7, 11) is 0. The summed E-state index contributed by atoms with van der Waals surface area (Å²) in [5.74, 6) is 0.125. The zero-order valence-electron chi connectivity index (χ0n) is 15.1. The number of aromatic nitrogens is 2.